The summed E-state index contributed by atoms with van der Waals surface area (Å²) < 4.78 is 15.9. The Morgan fingerprint density at radius 1 is 0.952 bits per heavy atom. The second-order valence-electron chi connectivity index (χ2n) is 4.37. The molecule has 112 valence electrons. The third kappa shape index (κ3) is 3.06. The largest absolute Gasteiger partial charge is 0.496 e. The number of benzene rings is 2. The van der Waals surface area contributed by atoms with Gasteiger partial charge in [0, 0.05) is 22.7 Å². The van der Waals surface area contributed by atoms with Gasteiger partial charge in [0.25, 0.3) is 0 Å². The van der Waals surface area contributed by atoms with E-state index in [1.54, 1.807) is 37.4 Å². The topological polar surface area (TPSA) is 47.9 Å². The van der Waals surface area contributed by atoms with Crippen LogP contribution in [0.2, 0.25) is 5.02 Å². The fraction of sp³-hybridized carbons (Fsp3) is 0.250. The Hall–Kier alpha value is -1.91. The van der Waals surface area contributed by atoms with Crippen LogP contribution < -0.4 is 14.2 Å². The highest BCUT2D eigenvalue weighted by molar-refractivity contribution is 6.31. The van der Waals surface area contributed by atoms with E-state index in [9.17, 15) is 5.11 Å². The maximum absolute atomic E-state index is 10.7. The Morgan fingerprint density at radius 2 is 1.52 bits per heavy atom. The summed E-state index contributed by atoms with van der Waals surface area (Å²) in [5, 5.41) is 11.2. The molecular weight excluding hydrogens is 292 g/mol. The van der Waals surface area contributed by atoms with Gasteiger partial charge in [-0.1, -0.05) is 29.8 Å². The zero-order valence-electron chi connectivity index (χ0n) is 12.1. The summed E-state index contributed by atoms with van der Waals surface area (Å²) >= 11 is 6.15. The fourth-order valence-electron chi connectivity index (χ4n) is 2.15. The number of hydrogen-bond acceptors (Lipinski definition) is 4. The number of halogens is 1. The summed E-state index contributed by atoms with van der Waals surface area (Å²) in [5.74, 6) is 1.52. The van der Waals surface area contributed by atoms with Gasteiger partial charge in [0.05, 0.1) is 26.9 Å². The van der Waals surface area contributed by atoms with Gasteiger partial charge in [-0.25, -0.2) is 0 Å². The van der Waals surface area contributed by atoms with Crippen LogP contribution in [-0.2, 0) is 0 Å². The first-order chi connectivity index (χ1) is 10.1. The minimum Gasteiger partial charge on any atom is -0.496 e. The zero-order valence-corrected chi connectivity index (χ0v) is 12.8. The van der Waals surface area contributed by atoms with Gasteiger partial charge in [0.2, 0.25) is 0 Å². The molecule has 1 unspecified atom stereocenters. The molecule has 2 rings (SSSR count). The minimum absolute atomic E-state index is 0.471. The van der Waals surface area contributed by atoms with Gasteiger partial charge in [0.15, 0.2) is 0 Å². The summed E-state index contributed by atoms with van der Waals surface area (Å²) in [6.07, 6.45) is -0.963. The molecule has 1 atom stereocenters. The van der Waals surface area contributed by atoms with Crippen LogP contribution in [0.1, 0.15) is 17.2 Å². The summed E-state index contributed by atoms with van der Waals surface area (Å²) in [6.45, 7) is 0. The molecule has 0 bridgehead atoms. The predicted octanol–water partition coefficient (Wildman–Crippen LogP) is 3.45. The number of hydrogen-bond donors (Lipinski definition) is 1. The summed E-state index contributed by atoms with van der Waals surface area (Å²) in [4.78, 5) is 0. The van der Waals surface area contributed by atoms with E-state index in [-0.39, 0.29) is 0 Å². The molecule has 0 saturated heterocycles. The predicted molar refractivity (Wildman–Crippen MR) is 81.6 cm³/mol. The summed E-state index contributed by atoms with van der Waals surface area (Å²) in [6, 6.07) is 10.5. The number of aliphatic hydroxyl groups excluding tert-OH is 1. The first-order valence-electron chi connectivity index (χ1n) is 6.34. The molecule has 2 aromatic carbocycles. The van der Waals surface area contributed by atoms with E-state index in [4.69, 9.17) is 25.8 Å². The molecule has 0 aliphatic carbocycles. The van der Waals surface area contributed by atoms with Crippen molar-refractivity contribution in [3.05, 3.63) is 52.5 Å². The van der Waals surface area contributed by atoms with Gasteiger partial charge in [-0.05, 0) is 6.07 Å². The Kier molecular flexibility index (Phi) is 4.94. The normalized spacial score (nSPS) is 11.9. The van der Waals surface area contributed by atoms with Crippen LogP contribution in [-0.4, -0.2) is 26.4 Å². The lowest BCUT2D eigenvalue weighted by atomic mass is 9.99. The molecule has 21 heavy (non-hydrogen) atoms. The zero-order chi connectivity index (χ0) is 15.4. The molecule has 4 nitrogen and oxygen atoms in total. The first-order valence-corrected chi connectivity index (χ1v) is 6.72. The molecular formula is C16H17ClO4. The maximum atomic E-state index is 10.7. The Labute approximate surface area is 128 Å². The van der Waals surface area contributed by atoms with E-state index in [0.29, 0.717) is 33.4 Å². The van der Waals surface area contributed by atoms with Crippen molar-refractivity contribution in [2.24, 2.45) is 0 Å². The van der Waals surface area contributed by atoms with Gasteiger partial charge in [-0.15, -0.1) is 0 Å². The standard InChI is InChI=1S/C16H17ClO4/c1-19-10-8-13(20-2)15(14(9-10)21-3)16(18)11-6-4-5-7-12(11)17/h4-9,16,18H,1-3H3. The highest BCUT2D eigenvalue weighted by Crippen LogP contribution is 2.41. The quantitative estimate of drug-likeness (QED) is 0.919. The Balaban J connectivity index is 2.59. The lowest BCUT2D eigenvalue weighted by Crippen LogP contribution is -2.06. The number of ether oxygens (including phenoxy) is 3. The highest BCUT2D eigenvalue weighted by Gasteiger charge is 2.23. The molecule has 0 spiro atoms. The van der Waals surface area contributed by atoms with Gasteiger partial charge in [-0.3, -0.25) is 0 Å². The van der Waals surface area contributed by atoms with E-state index in [2.05, 4.69) is 0 Å². The average Bonchev–Trinajstić information content (AvgIpc) is 2.53. The van der Waals surface area contributed by atoms with Crippen molar-refractivity contribution in [1.29, 1.82) is 0 Å². The van der Waals surface area contributed by atoms with E-state index >= 15 is 0 Å². The van der Waals surface area contributed by atoms with Crippen LogP contribution in [0.4, 0.5) is 0 Å². The molecule has 5 heteroatoms. The van der Waals surface area contributed by atoms with Gasteiger partial charge < -0.3 is 19.3 Å². The van der Waals surface area contributed by atoms with Crippen LogP contribution in [0.5, 0.6) is 17.2 Å². The molecule has 0 fully saturated rings. The minimum atomic E-state index is -0.963. The molecule has 0 heterocycles. The van der Waals surface area contributed by atoms with Crippen molar-refractivity contribution in [2.75, 3.05) is 21.3 Å². The van der Waals surface area contributed by atoms with Crippen molar-refractivity contribution in [2.45, 2.75) is 6.10 Å². The molecule has 0 amide bonds. The van der Waals surface area contributed by atoms with Crippen molar-refractivity contribution >= 4 is 11.6 Å². The number of aliphatic hydroxyl groups is 1. The van der Waals surface area contributed by atoms with E-state index in [1.165, 1.54) is 14.2 Å². The third-order valence-corrected chi connectivity index (χ3v) is 3.57. The monoisotopic (exact) mass is 308 g/mol. The maximum Gasteiger partial charge on any atom is 0.132 e. The molecule has 0 saturated carbocycles. The van der Waals surface area contributed by atoms with Crippen molar-refractivity contribution in [1.82, 2.24) is 0 Å². The van der Waals surface area contributed by atoms with Crippen LogP contribution in [0.15, 0.2) is 36.4 Å². The summed E-state index contributed by atoms with van der Waals surface area (Å²) in [5.41, 5.74) is 1.09. The van der Waals surface area contributed by atoms with Gasteiger partial charge >= 0.3 is 0 Å². The van der Waals surface area contributed by atoms with Crippen LogP contribution >= 0.6 is 11.6 Å². The second-order valence-corrected chi connectivity index (χ2v) is 4.78. The number of methoxy groups -OCH3 is 3. The van der Waals surface area contributed by atoms with Gasteiger partial charge in [-0.2, -0.15) is 0 Å². The van der Waals surface area contributed by atoms with Gasteiger partial charge in [0.1, 0.15) is 23.4 Å². The third-order valence-electron chi connectivity index (χ3n) is 3.23. The van der Waals surface area contributed by atoms with Crippen LogP contribution in [0, 0.1) is 0 Å². The van der Waals surface area contributed by atoms with Crippen molar-refractivity contribution < 1.29 is 19.3 Å². The average molecular weight is 309 g/mol. The summed E-state index contributed by atoms with van der Waals surface area (Å²) in [7, 11) is 4.60. The fourth-order valence-corrected chi connectivity index (χ4v) is 2.39. The Bertz CT molecular complexity index is 602. The SMILES string of the molecule is COc1cc(OC)c(C(O)c2ccccc2Cl)c(OC)c1. The molecule has 0 aromatic heterocycles. The highest BCUT2D eigenvalue weighted by atomic mass is 35.5. The molecule has 0 aliphatic heterocycles. The van der Waals surface area contributed by atoms with Crippen molar-refractivity contribution in [3.63, 3.8) is 0 Å². The first kappa shape index (κ1) is 15.5. The Morgan fingerprint density at radius 3 is 2.00 bits per heavy atom. The molecule has 2 aromatic rings. The lowest BCUT2D eigenvalue weighted by molar-refractivity contribution is 0.208. The van der Waals surface area contributed by atoms with Crippen LogP contribution in [0.3, 0.4) is 0 Å². The van der Waals surface area contributed by atoms with E-state index < -0.39 is 6.10 Å². The number of rotatable bonds is 5. The van der Waals surface area contributed by atoms with Crippen LogP contribution in [0.25, 0.3) is 0 Å². The smallest absolute Gasteiger partial charge is 0.132 e. The van der Waals surface area contributed by atoms with E-state index in [0.717, 1.165) is 0 Å². The lowest BCUT2D eigenvalue weighted by Gasteiger charge is -2.20. The van der Waals surface area contributed by atoms with E-state index in [1.807, 2.05) is 6.07 Å². The molecule has 0 aliphatic rings. The molecule has 0 radical (unpaired) electrons. The molecule has 1 N–H and O–H groups in total. The second kappa shape index (κ2) is 6.70. The van der Waals surface area contributed by atoms with Crippen molar-refractivity contribution in [3.8, 4) is 17.2 Å².